The Morgan fingerprint density at radius 2 is 0.810 bits per heavy atom. The summed E-state index contributed by atoms with van der Waals surface area (Å²) in [6, 6.07) is 0. The molecule has 0 aromatic heterocycles. The highest BCUT2D eigenvalue weighted by atomic mass is 35.5. The van der Waals surface area contributed by atoms with Crippen LogP contribution >= 0.6 is 18.9 Å². The molecule has 0 saturated heterocycles. The minimum Gasteiger partial charge on any atom is -0.0821 e. The third kappa shape index (κ3) is 3.47. The molecule has 3 aliphatic carbocycles. The molecule has 0 radical (unpaired) electrons. The molecule has 0 bridgehead atoms. The maximum atomic E-state index is 6.87. The summed E-state index contributed by atoms with van der Waals surface area (Å²) in [5, 5.41) is 0. The van der Waals surface area contributed by atoms with Crippen molar-refractivity contribution in [1.82, 2.24) is 0 Å². The third-order valence-corrected chi connectivity index (χ3v) is 14.3. The van der Waals surface area contributed by atoms with Gasteiger partial charge in [0.1, 0.15) is 5.62 Å². The van der Waals surface area contributed by atoms with E-state index in [1.54, 1.807) is 0 Å². The van der Waals surface area contributed by atoms with E-state index in [1.807, 2.05) is 0 Å². The zero-order valence-corrected chi connectivity index (χ0v) is 15.5. The molecule has 0 aromatic rings. The van der Waals surface area contributed by atoms with Crippen molar-refractivity contribution in [3.63, 3.8) is 0 Å². The van der Waals surface area contributed by atoms with Crippen LogP contribution in [0.25, 0.3) is 0 Å². The Bertz CT molecular complexity index is 253. The fraction of sp³-hybridized carbons (Fsp3) is 1.00. The summed E-state index contributed by atoms with van der Waals surface area (Å²) >= 11 is 6.87. The molecule has 0 atom stereocenters. The van der Waals surface area contributed by atoms with Crippen LogP contribution in [-0.4, -0.2) is 22.6 Å². The lowest BCUT2D eigenvalue weighted by Crippen LogP contribution is -2.36. The molecule has 3 saturated carbocycles. The van der Waals surface area contributed by atoms with Crippen LogP contribution in [0.15, 0.2) is 0 Å². The van der Waals surface area contributed by atoms with Gasteiger partial charge in [0.15, 0.2) is 0 Å². The van der Waals surface area contributed by atoms with Gasteiger partial charge in [0.25, 0.3) is 0 Å². The molecule has 0 spiro atoms. The lowest BCUT2D eigenvalue weighted by Gasteiger charge is -2.47. The van der Waals surface area contributed by atoms with Crippen molar-refractivity contribution in [3.05, 3.63) is 0 Å². The zero-order chi connectivity index (χ0) is 14.5. The summed E-state index contributed by atoms with van der Waals surface area (Å²) in [4.78, 5) is 0. The molecule has 2 heteroatoms. The van der Waals surface area contributed by atoms with Gasteiger partial charge in [-0.15, -0.1) is 0 Å². The van der Waals surface area contributed by atoms with Gasteiger partial charge < -0.3 is 0 Å². The summed E-state index contributed by atoms with van der Waals surface area (Å²) in [7, 11) is -0.938. The molecular formula is C19H35ClP+. The Kier molecular flexibility index (Phi) is 6.32. The predicted octanol–water partition coefficient (Wildman–Crippen LogP) is 7.20. The number of hydrogen-bond acceptors (Lipinski definition) is 0. The van der Waals surface area contributed by atoms with Crippen molar-refractivity contribution in [2.45, 2.75) is 113 Å². The van der Waals surface area contributed by atoms with E-state index in [1.165, 1.54) is 96.3 Å². The predicted molar refractivity (Wildman–Crippen MR) is 98.3 cm³/mol. The topological polar surface area (TPSA) is 0 Å². The minimum atomic E-state index is -0.938. The van der Waals surface area contributed by atoms with E-state index in [4.69, 9.17) is 11.6 Å². The van der Waals surface area contributed by atoms with Crippen molar-refractivity contribution in [2.75, 3.05) is 5.62 Å². The van der Waals surface area contributed by atoms with Gasteiger partial charge in [-0.05, 0) is 77.0 Å². The van der Waals surface area contributed by atoms with Gasteiger partial charge >= 0.3 is 0 Å². The van der Waals surface area contributed by atoms with Gasteiger partial charge in [-0.25, -0.2) is 0 Å². The van der Waals surface area contributed by atoms with Gasteiger partial charge in [-0.2, -0.15) is 0 Å². The van der Waals surface area contributed by atoms with Crippen LogP contribution in [0.2, 0.25) is 0 Å². The van der Waals surface area contributed by atoms with E-state index in [2.05, 4.69) is 0 Å². The average Bonchev–Trinajstić information content (AvgIpc) is 2.59. The largest absolute Gasteiger partial charge is 0.133 e. The van der Waals surface area contributed by atoms with Gasteiger partial charge in [-0.1, -0.05) is 30.9 Å². The summed E-state index contributed by atoms with van der Waals surface area (Å²) < 4.78 is 0. The van der Waals surface area contributed by atoms with E-state index in [0.29, 0.717) is 0 Å². The number of alkyl halides is 1. The van der Waals surface area contributed by atoms with Crippen molar-refractivity contribution in [3.8, 4) is 0 Å². The molecule has 3 fully saturated rings. The second-order valence-corrected chi connectivity index (χ2v) is 13.1. The SMILES string of the molecule is ClC[P+](C1CCCCC1)(C1CCCCC1)C1CCCCC1. The van der Waals surface area contributed by atoms with E-state index in [-0.39, 0.29) is 0 Å². The summed E-state index contributed by atoms with van der Waals surface area (Å²) in [5.41, 5.74) is 4.27. The van der Waals surface area contributed by atoms with E-state index in [0.717, 1.165) is 22.6 Å². The van der Waals surface area contributed by atoms with Gasteiger partial charge in [0.2, 0.25) is 0 Å². The molecule has 0 aromatic carbocycles. The molecule has 21 heavy (non-hydrogen) atoms. The van der Waals surface area contributed by atoms with E-state index in [9.17, 15) is 0 Å². The minimum absolute atomic E-state index is 0.938. The molecule has 122 valence electrons. The monoisotopic (exact) mass is 329 g/mol. The van der Waals surface area contributed by atoms with Crippen LogP contribution in [0.3, 0.4) is 0 Å². The molecule has 3 rings (SSSR count). The smallest absolute Gasteiger partial charge is 0.0821 e. The third-order valence-electron chi connectivity index (χ3n) is 6.97. The van der Waals surface area contributed by atoms with Crippen molar-refractivity contribution >= 4 is 18.9 Å². The first-order chi connectivity index (χ1) is 10.4. The van der Waals surface area contributed by atoms with Crippen LogP contribution in [-0.2, 0) is 0 Å². The summed E-state index contributed by atoms with van der Waals surface area (Å²) in [6.07, 6.45) is 22.7. The van der Waals surface area contributed by atoms with E-state index < -0.39 is 7.26 Å². The molecular weight excluding hydrogens is 295 g/mol. The molecule has 0 unspecified atom stereocenters. The second kappa shape index (κ2) is 8.01. The normalized spacial score (nSPS) is 27.9. The Morgan fingerprint density at radius 3 is 1.05 bits per heavy atom. The Labute approximate surface area is 138 Å². The van der Waals surface area contributed by atoms with Crippen LogP contribution < -0.4 is 0 Å². The molecule has 0 aliphatic heterocycles. The van der Waals surface area contributed by atoms with Crippen molar-refractivity contribution in [1.29, 1.82) is 0 Å². The molecule has 0 heterocycles. The molecule has 0 nitrogen and oxygen atoms in total. The Balaban J connectivity index is 1.85. The average molecular weight is 330 g/mol. The van der Waals surface area contributed by atoms with Crippen molar-refractivity contribution < 1.29 is 0 Å². The lowest BCUT2D eigenvalue weighted by molar-refractivity contribution is 0.452. The highest BCUT2D eigenvalue weighted by Gasteiger charge is 2.56. The summed E-state index contributed by atoms with van der Waals surface area (Å²) in [5.74, 6) is 0. The van der Waals surface area contributed by atoms with Crippen LogP contribution in [0.4, 0.5) is 0 Å². The Morgan fingerprint density at radius 1 is 0.524 bits per heavy atom. The summed E-state index contributed by atoms with van der Waals surface area (Å²) in [6.45, 7) is 0. The second-order valence-electron chi connectivity index (χ2n) is 7.99. The van der Waals surface area contributed by atoms with Gasteiger partial charge in [0.05, 0.1) is 17.0 Å². The number of halogens is 1. The molecule has 0 N–H and O–H groups in total. The highest BCUT2D eigenvalue weighted by Crippen LogP contribution is 2.77. The first kappa shape index (κ1) is 16.6. The Hall–Kier alpha value is 0.720. The standard InChI is InChI=1S/C19H35ClP/c20-16-21(17-10-4-1-5-11-17,18-12-6-2-7-13-18)19-14-8-3-9-15-19/h17-19H,1-16H2/q+1. The maximum Gasteiger partial charge on any atom is 0.133 e. The lowest BCUT2D eigenvalue weighted by atomic mass is 9.99. The number of rotatable bonds is 4. The fourth-order valence-electron chi connectivity index (χ4n) is 5.87. The van der Waals surface area contributed by atoms with E-state index >= 15 is 0 Å². The van der Waals surface area contributed by atoms with Crippen LogP contribution in [0.5, 0.6) is 0 Å². The quantitative estimate of drug-likeness (QED) is 0.378. The molecule has 0 amide bonds. The highest BCUT2D eigenvalue weighted by molar-refractivity contribution is 7.79. The first-order valence-corrected chi connectivity index (χ1v) is 12.5. The van der Waals surface area contributed by atoms with Crippen LogP contribution in [0.1, 0.15) is 96.3 Å². The fourth-order valence-corrected chi connectivity index (χ4v) is 14.0. The molecule has 3 aliphatic rings. The van der Waals surface area contributed by atoms with Gasteiger partial charge in [0, 0.05) is 7.26 Å². The number of hydrogen-bond donors (Lipinski definition) is 0. The maximum absolute atomic E-state index is 6.87. The van der Waals surface area contributed by atoms with Crippen molar-refractivity contribution in [2.24, 2.45) is 0 Å². The zero-order valence-electron chi connectivity index (χ0n) is 13.9. The van der Waals surface area contributed by atoms with Gasteiger partial charge in [-0.3, -0.25) is 0 Å². The van der Waals surface area contributed by atoms with Crippen LogP contribution in [0, 0.1) is 0 Å². The first-order valence-electron chi connectivity index (χ1n) is 9.81.